The van der Waals surface area contributed by atoms with Gasteiger partial charge in [-0.2, -0.15) is 0 Å². The molecule has 0 spiro atoms. The third-order valence-electron chi connectivity index (χ3n) is 5.09. The normalized spacial score (nSPS) is 19.5. The number of benzene rings is 1. The number of nitrogens with one attached hydrogen (secondary N) is 1. The van der Waals surface area contributed by atoms with Crippen LogP contribution in [0.15, 0.2) is 24.3 Å². The third-order valence-corrected chi connectivity index (χ3v) is 5.09. The molecule has 2 aliphatic rings. The number of ether oxygens (including phenoxy) is 1. The molecule has 3 rings (SSSR count). The van der Waals surface area contributed by atoms with Crippen molar-refractivity contribution in [3.63, 3.8) is 0 Å². The minimum Gasteiger partial charge on any atom is -0.466 e. The van der Waals surface area contributed by atoms with Gasteiger partial charge in [0.1, 0.15) is 6.54 Å². The van der Waals surface area contributed by atoms with E-state index in [2.05, 4.69) is 10.2 Å². The van der Waals surface area contributed by atoms with Crippen LogP contribution in [0, 0.1) is 5.92 Å². The van der Waals surface area contributed by atoms with E-state index in [4.69, 9.17) is 4.74 Å². The Morgan fingerprint density at radius 3 is 2.65 bits per heavy atom. The lowest BCUT2D eigenvalue weighted by atomic mass is 9.96. The average molecular weight is 359 g/mol. The second-order valence-corrected chi connectivity index (χ2v) is 6.73. The smallest absolute Gasteiger partial charge is 0.309 e. The molecule has 1 atom stereocenters. The van der Waals surface area contributed by atoms with E-state index in [1.54, 1.807) is 17.9 Å². The summed E-state index contributed by atoms with van der Waals surface area (Å²) in [5, 5.41) is 2.80. The number of para-hydroxylation sites is 2. The Balaban J connectivity index is 1.66. The van der Waals surface area contributed by atoms with Crippen molar-refractivity contribution in [2.75, 3.05) is 36.5 Å². The largest absolute Gasteiger partial charge is 0.466 e. The molecular weight excluding hydrogens is 334 g/mol. The Labute approximate surface area is 153 Å². The lowest BCUT2D eigenvalue weighted by molar-refractivity contribution is -0.149. The van der Waals surface area contributed by atoms with Crippen molar-refractivity contribution in [2.24, 2.45) is 5.92 Å². The Bertz CT molecular complexity index is 698. The van der Waals surface area contributed by atoms with E-state index in [0.29, 0.717) is 38.2 Å². The van der Waals surface area contributed by atoms with Gasteiger partial charge in [0, 0.05) is 0 Å². The number of nitrogens with zero attached hydrogens (tertiary/aromatic N) is 2. The molecule has 2 heterocycles. The summed E-state index contributed by atoms with van der Waals surface area (Å²) in [5.41, 5.74) is 1.38. The fourth-order valence-electron chi connectivity index (χ4n) is 3.59. The topological polar surface area (TPSA) is 79.0 Å². The highest BCUT2D eigenvalue weighted by molar-refractivity contribution is 6.11. The molecular formula is C19H25N3O4. The van der Waals surface area contributed by atoms with Gasteiger partial charge in [0.15, 0.2) is 0 Å². The van der Waals surface area contributed by atoms with Gasteiger partial charge in [-0.25, -0.2) is 0 Å². The van der Waals surface area contributed by atoms with Crippen LogP contribution in [-0.4, -0.2) is 55.0 Å². The van der Waals surface area contributed by atoms with Crippen LogP contribution < -0.4 is 10.2 Å². The molecule has 0 unspecified atom stereocenters. The van der Waals surface area contributed by atoms with Gasteiger partial charge < -0.3 is 10.1 Å². The van der Waals surface area contributed by atoms with Gasteiger partial charge in [-0.1, -0.05) is 12.1 Å². The summed E-state index contributed by atoms with van der Waals surface area (Å²) < 4.78 is 5.09. The van der Waals surface area contributed by atoms with Crippen LogP contribution in [0.25, 0.3) is 0 Å². The van der Waals surface area contributed by atoms with Crippen molar-refractivity contribution in [3.8, 4) is 0 Å². The summed E-state index contributed by atoms with van der Waals surface area (Å²) in [5.74, 6) is -0.519. The highest BCUT2D eigenvalue weighted by atomic mass is 16.5. The number of anilines is 2. The van der Waals surface area contributed by atoms with Crippen molar-refractivity contribution >= 4 is 29.2 Å². The molecule has 7 heteroatoms. The van der Waals surface area contributed by atoms with E-state index in [1.807, 2.05) is 25.1 Å². The average Bonchev–Trinajstić information content (AvgIpc) is 2.66. The zero-order chi connectivity index (χ0) is 18.7. The summed E-state index contributed by atoms with van der Waals surface area (Å²) in [6.07, 6.45) is 1.38. The maximum Gasteiger partial charge on any atom is 0.309 e. The monoisotopic (exact) mass is 359 g/mol. The van der Waals surface area contributed by atoms with Gasteiger partial charge >= 0.3 is 5.97 Å². The molecule has 1 aromatic rings. The first-order chi connectivity index (χ1) is 12.5. The molecule has 0 aromatic heterocycles. The summed E-state index contributed by atoms with van der Waals surface area (Å²) in [4.78, 5) is 40.5. The second-order valence-electron chi connectivity index (χ2n) is 6.73. The molecule has 1 saturated heterocycles. The first-order valence-electron chi connectivity index (χ1n) is 9.12. The first kappa shape index (κ1) is 18.4. The van der Waals surface area contributed by atoms with Crippen LogP contribution >= 0.6 is 0 Å². The number of rotatable bonds is 4. The first-order valence-corrected chi connectivity index (χ1v) is 9.12. The molecule has 0 aliphatic carbocycles. The number of carbonyl (C=O) groups is 3. The number of fused-ring (bicyclic) bond motifs is 1. The number of hydrogen-bond donors (Lipinski definition) is 1. The van der Waals surface area contributed by atoms with E-state index in [9.17, 15) is 14.4 Å². The van der Waals surface area contributed by atoms with Gasteiger partial charge in [0.25, 0.3) is 0 Å². The van der Waals surface area contributed by atoms with E-state index >= 15 is 0 Å². The van der Waals surface area contributed by atoms with Crippen LogP contribution in [0.5, 0.6) is 0 Å². The van der Waals surface area contributed by atoms with Crippen molar-refractivity contribution in [1.82, 2.24) is 4.90 Å². The number of amides is 2. The highest BCUT2D eigenvalue weighted by Crippen LogP contribution is 2.30. The van der Waals surface area contributed by atoms with Crippen molar-refractivity contribution in [3.05, 3.63) is 24.3 Å². The summed E-state index contributed by atoms with van der Waals surface area (Å²) in [6.45, 7) is 5.42. The number of hydrogen-bond acceptors (Lipinski definition) is 5. The van der Waals surface area contributed by atoms with Crippen LogP contribution in [0.4, 0.5) is 11.4 Å². The standard InChI is InChI=1S/C19H25N3O4/c1-3-26-19(25)14-8-10-21(11-9-14)13(2)18(24)22-12-17(23)20-15-6-4-5-7-16(15)22/h4-7,13-14H,3,8-12H2,1-2H3,(H,20,23)/t13-/m1/s1. The van der Waals surface area contributed by atoms with Crippen LogP contribution in [0.2, 0.25) is 0 Å². The molecule has 0 saturated carbocycles. The number of carbonyl (C=O) groups excluding carboxylic acids is 3. The number of likely N-dealkylation sites (tertiary alicyclic amines) is 1. The number of piperidine rings is 1. The number of esters is 1. The lowest BCUT2D eigenvalue weighted by Gasteiger charge is -2.38. The zero-order valence-electron chi connectivity index (χ0n) is 15.2. The van der Waals surface area contributed by atoms with E-state index in [1.165, 1.54) is 0 Å². The van der Waals surface area contributed by atoms with Crippen LogP contribution in [-0.2, 0) is 19.1 Å². The van der Waals surface area contributed by atoms with Gasteiger partial charge in [0.05, 0.1) is 29.9 Å². The Kier molecular flexibility index (Phi) is 5.56. The van der Waals surface area contributed by atoms with Crippen molar-refractivity contribution in [1.29, 1.82) is 0 Å². The third kappa shape index (κ3) is 3.72. The molecule has 1 N–H and O–H groups in total. The molecule has 1 fully saturated rings. The predicted molar refractivity (Wildman–Crippen MR) is 97.8 cm³/mol. The minimum atomic E-state index is -0.350. The van der Waals surface area contributed by atoms with Crippen LogP contribution in [0.1, 0.15) is 26.7 Å². The van der Waals surface area contributed by atoms with Crippen molar-refractivity contribution < 1.29 is 19.1 Å². The highest BCUT2D eigenvalue weighted by Gasteiger charge is 2.35. The molecule has 1 aromatic carbocycles. The van der Waals surface area contributed by atoms with Gasteiger partial charge in [-0.15, -0.1) is 0 Å². The molecule has 2 amide bonds. The summed E-state index contributed by atoms with van der Waals surface area (Å²) in [6, 6.07) is 6.97. The summed E-state index contributed by atoms with van der Waals surface area (Å²) in [7, 11) is 0. The van der Waals surface area contributed by atoms with E-state index in [-0.39, 0.29) is 36.3 Å². The fraction of sp³-hybridized carbons (Fsp3) is 0.526. The Morgan fingerprint density at radius 2 is 1.96 bits per heavy atom. The minimum absolute atomic E-state index is 0.0273. The molecule has 7 nitrogen and oxygen atoms in total. The maximum atomic E-state index is 13.0. The maximum absolute atomic E-state index is 13.0. The van der Waals surface area contributed by atoms with Gasteiger partial charge in [0.2, 0.25) is 11.8 Å². The molecule has 2 aliphatic heterocycles. The molecule has 0 radical (unpaired) electrons. The van der Waals surface area contributed by atoms with E-state index < -0.39 is 0 Å². The predicted octanol–water partition coefficient (Wildman–Crippen LogP) is 1.64. The lowest BCUT2D eigenvalue weighted by Crippen LogP contribution is -2.53. The van der Waals surface area contributed by atoms with Crippen molar-refractivity contribution in [2.45, 2.75) is 32.7 Å². The molecule has 140 valence electrons. The van der Waals surface area contributed by atoms with Crippen LogP contribution in [0.3, 0.4) is 0 Å². The van der Waals surface area contributed by atoms with Gasteiger partial charge in [-0.05, 0) is 51.9 Å². The zero-order valence-corrected chi connectivity index (χ0v) is 15.2. The van der Waals surface area contributed by atoms with Gasteiger partial charge in [-0.3, -0.25) is 24.2 Å². The van der Waals surface area contributed by atoms with E-state index in [0.717, 1.165) is 5.69 Å². The Morgan fingerprint density at radius 1 is 1.27 bits per heavy atom. The molecule has 0 bridgehead atoms. The summed E-state index contributed by atoms with van der Waals surface area (Å²) >= 11 is 0. The quantitative estimate of drug-likeness (QED) is 0.827. The molecule has 26 heavy (non-hydrogen) atoms. The second kappa shape index (κ2) is 7.86. The fourth-order valence-corrected chi connectivity index (χ4v) is 3.59. The SMILES string of the molecule is CCOC(=O)C1CCN([C@H](C)C(=O)N2CC(=O)Nc3ccccc32)CC1. The Hall–Kier alpha value is -2.41.